The Kier molecular flexibility index (Phi) is 3.51. The first-order chi connectivity index (χ1) is 10.5. The Bertz CT molecular complexity index is 916. The van der Waals surface area contributed by atoms with Crippen molar-refractivity contribution in [3.8, 4) is 5.75 Å². The van der Waals surface area contributed by atoms with E-state index in [-0.39, 0.29) is 5.56 Å². The fourth-order valence-electron chi connectivity index (χ4n) is 2.42. The summed E-state index contributed by atoms with van der Waals surface area (Å²) in [5.74, 6) is 0.304. The van der Waals surface area contributed by atoms with Gasteiger partial charge in [-0.05, 0) is 60.9 Å². The van der Waals surface area contributed by atoms with E-state index < -0.39 is 0 Å². The fourth-order valence-corrected chi connectivity index (χ4v) is 2.42. The Morgan fingerprint density at radius 2 is 1.77 bits per heavy atom. The third-order valence-corrected chi connectivity index (χ3v) is 3.57. The molecular formula is C18H16N2O2. The van der Waals surface area contributed by atoms with Crippen molar-refractivity contribution in [2.75, 3.05) is 0 Å². The molecule has 0 spiro atoms. The van der Waals surface area contributed by atoms with Crippen LogP contribution in [0.15, 0.2) is 41.2 Å². The molecule has 4 heteroatoms. The minimum atomic E-state index is -0.220. The second-order valence-corrected chi connectivity index (χ2v) is 5.30. The maximum absolute atomic E-state index is 12.0. The number of aromatic amines is 1. The average Bonchev–Trinajstić information content (AvgIpc) is 2.50. The van der Waals surface area contributed by atoms with E-state index in [2.05, 4.69) is 9.97 Å². The number of nitrogens with one attached hydrogen (secondary N) is 1. The number of phenolic OH excluding ortho intramolecular Hbond substituents is 1. The van der Waals surface area contributed by atoms with E-state index in [9.17, 15) is 9.90 Å². The number of H-pyrrole nitrogens is 1. The lowest BCUT2D eigenvalue weighted by atomic mass is 10.1. The molecule has 110 valence electrons. The average molecular weight is 292 g/mol. The van der Waals surface area contributed by atoms with Crippen molar-refractivity contribution in [2.45, 2.75) is 13.8 Å². The first kappa shape index (κ1) is 14.1. The summed E-state index contributed by atoms with van der Waals surface area (Å²) < 4.78 is 0. The number of aromatic hydroxyl groups is 1. The van der Waals surface area contributed by atoms with E-state index in [0.717, 1.165) is 27.7 Å². The van der Waals surface area contributed by atoms with E-state index >= 15 is 0 Å². The first-order valence-corrected chi connectivity index (χ1v) is 7.02. The molecule has 0 fully saturated rings. The van der Waals surface area contributed by atoms with Crippen molar-refractivity contribution in [1.82, 2.24) is 9.97 Å². The summed E-state index contributed by atoms with van der Waals surface area (Å²) in [6, 6.07) is 11.2. The second-order valence-electron chi connectivity index (χ2n) is 5.30. The molecule has 0 radical (unpaired) electrons. The summed E-state index contributed by atoms with van der Waals surface area (Å²) in [6.07, 6.45) is 3.52. The minimum Gasteiger partial charge on any atom is -0.507 e. The molecule has 0 unspecified atom stereocenters. The van der Waals surface area contributed by atoms with Crippen LogP contribution in [0.25, 0.3) is 23.2 Å². The summed E-state index contributed by atoms with van der Waals surface area (Å²) in [6.45, 7) is 3.70. The molecule has 0 bridgehead atoms. The predicted octanol–water partition coefficient (Wildman–Crippen LogP) is 3.42. The Morgan fingerprint density at radius 1 is 1.09 bits per heavy atom. The van der Waals surface area contributed by atoms with E-state index in [1.807, 2.05) is 56.3 Å². The van der Waals surface area contributed by atoms with Crippen LogP contribution < -0.4 is 5.56 Å². The maximum Gasteiger partial charge on any atom is 0.274 e. The molecule has 0 aliphatic rings. The van der Waals surface area contributed by atoms with Crippen molar-refractivity contribution >= 4 is 23.2 Å². The monoisotopic (exact) mass is 292 g/mol. The van der Waals surface area contributed by atoms with Crippen LogP contribution in [0.3, 0.4) is 0 Å². The molecule has 0 atom stereocenters. The molecule has 3 rings (SSSR count). The van der Waals surface area contributed by atoms with Crippen LogP contribution in [0.2, 0.25) is 0 Å². The molecule has 1 aromatic heterocycles. The van der Waals surface area contributed by atoms with Gasteiger partial charge in [0, 0.05) is 0 Å². The number of aryl methyl sites for hydroxylation is 2. The highest BCUT2D eigenvalue weighted by atomic mass is 16.3. The van der Waals surface area contributed by atoms with Gasteiger partial charge in [-0.15, -0.1) is 0 Å². The molecule has 3 aromatic rings. The summed E-state index contributed by atoms with van der Waals surface area (Å²) >= 11 is 0. The zero-order valence-corrected chi connectivity index (χ0v) is 12.4. The van der Waals surface area contributed by atoms with E-state index in [4.69, 9.17) is 0 Å². The van der Waals surface area contributed by atoms with Gasteiger partial charge >= 0.3 is 0 Å². The van der Waals surface area contributed by atoms with Crippen LogP contribution in [0.5, 0.6) is 5.75 Å². The van der Waals surface area contributed by atoms with Gasteiger partial charge in [0.1, 0.15) is 11.4 Å². The van der Waals surface area contributed by atoms with Gasteiger partial charge in [0.05, 0.1) is 11.0 Å². The Balaban J connectivity index is 2.02. The van der Waals surface area contributed by atoms with Crippen LogP contribution in [-0.4, -0.2) is 15.1 Å². The highest BCUT2D eigenvalue weighted by Crippen LogP contribution is 2.23. The van der Waals surface area contributed by atoms with Crippen molar-refractivity contribution in [3.63, 3.8) is 0 Å². The smallest absolute Gasteiger partial charge is 0.274 e. The molecule has 22 heavy (non-hydrogen) atoms. The largest absolute Gasteiger partial charge is 0.507 e. The van der Waals surface area contributed by atoms with Crippen molar-refractivity contribution in [3.05, 3.63) is 69.1 Å². The Hall–Kier alpha value is -2.88. The van der Waals surface area contributed by atoms with Crippen molar-refractivity contribution < 1.29 is 5.11 Å². The van der Waals surface area contributed by atoms with Crippen LogP contribution in [0.4, 0.5) is 0 Å². The van der Waals surface area contributed by atoms with E-state index in [0.29, 0.717) is 11.4 Å². The number of para-hydroxylation sites is 2. The van der Waals surface area contributed by atoms with Crippen molar-refractivity contribution in [2.24, 2.45) is 0 Å². The minimum absolute atomic E-state index is 0.220. The van der Waals surface area contributed by atoms with Gasteiger partial charge < -0.3 is 10.1 Å². The van der Waals surface area contributed by atoms with Gasteiger partial charge in [-0.3, -0.25) is 4.79 Å². The van der Waals surface area contributed by atoms with Gasteiger partial charge in [-0.25, -0.2) is 4.98 Å². The van der Waals surface area contributed by atoms with Gasteiger partial charge in [-0.2, -0.15) is 0 Å². The number of fused-ring (bicyclic) bond motifs is 1. The number of benzene rings is 2. The SMILES string of the molecule is Cc1cc(/C=C\c2nc3ccccc3[nH]c2=O)cc(C)c1O. The number of nitrogens with zero attached hydrogens (tertiary/aromatic N) is 1. The zero-order valence-electron chi connectivity index (χ0n) is 12.4. The summed E-state index contributed by atoms with van der Waals surface area (Å²) in [5, 5.41) is 9.79. The third kappa shape index (κ3) is 2.63. The maximum atomic E-state index is 12.0. The topological polar surface area (TPSA) is 66.0 Å². The van der Waals surface area contributed by atoms with Crippen LogP contribution in [0.1, 0.15) is 22.4 Å². The first-order valence-electron chi connectivity index (χ1n) is 7.02. The lowest BCUT2D eigenvalue weighted by Crippen LogP contribution is -2.11. The Labute approximate surface area is 127 Å². The molecule has 0 saturated carbocycles. The van der Waals surface area contributed by atoms with Crippen LogP contribution in [0, 0.1) is 13.8 Å². The number of phenols is 1. The van der Waals surface area contributed by atoms with Gasteiger partial charge in [0.2, 0.25) is 0 Å². The van der Waals surface area contributed by atoms with E-state index in [1.54, 1.807) is 6.08 Å². The lowest BCUT2D eigenvalue weighted by Gasteiger charge is -2.04. The fraction of sp³-hybridized carbons (Fsp3) is 0.111. The molecule has 4 nitrogen and oxygen atoms in total. The quantitative estimate of drug-likeness (QED) is 0.760. The number of rotatable bonds is 2. The zero-order chi connectivity index (χ0) is 15.7. The van der Waals surface area contributed by atoms with Gasteiger partial charge in [0.15, 0.2) is 0 Å². The number of hydrogen-bond acceptors (Lipinski definition) is 3. The molecule has 0 saturated heterocycles. The summed E-state index contributed by atoms with van der Waals surface area (Å²) in [5.41, 5.74) is 4.15. The third-order valence-electron chi connectivity index (χ3n) is 3.57. The second kappa shape index (κ2) is 5.48. The molecule has 0 aliphatic heterocycles. The number of aromatic nitrogens is 2. The summed E-state index contributed by atoms with van der Waals surface area (Å²) in [4.78, 5) is 19.2. The van der Waals surface area contributed by atoms with Crippen molar-refractivity contribution in [1.29, 1.82) is 0 Å². The normalized spacial score (nSPS) is 11.4. The molecule has 2 N–H and O–H groups in total. The van der Waals surface area contributed by atoms with Gasteiger partial charge in [-0.1, -0.05) is 18.2 Å². The Morgan fingerprint density at radius 3 is 2.50 bits per heavy atom. The molecular weight excluding hydrogens is 276 g/mol. The molecule has 0 aliphatic carbocycles. The standard InChI is InChI=1S/C18H16N2O2/c1-11-9-13(10-12(2)17(11)21)7-8-16-18(22)20-15-6-4-3-5-14(15)19-16/h3-10,21H,1-2H3,(H,20,22)/b8-7-. The van der Waals surface area contributed by atoms with Crippen LogP contribution in [-0.2, 0) is 0 Å². The molecule has 1 heterocycles. The number of hydrogen-bond donors (Lipinski definition) is 2. The van der Waals surface area contributed by atoms with Gasteiger partial charge in [0.25, 0.3) is 5.56 Å². The lowest BCUT2D eigenvalue weighted by molar-refractivity contribution is 0.467. The predicted molar refractivity (Wildman–Crippen MR) is 88.9 cm³/mol. The highest BCUT2D eigenvalue weighted by Gasteiger charge is 2.03. The molecule has 0 amide bonds. The van der Waals surface area contributed by atoms with E-state index in [1.165, 1.54) is 0 Å². The highest BCUT2D eigenvalue weighted by molar-refractivity contribution is 5.76. The summed E-state index contributed by atoms with van der Waals surface area (Å²) in [7, 11) is 0. The van der Waals surface area contributed by atoms with Crippen LogP contribution >= 0.6 is 0 Å². The molecule has 2 aromatic carbocycles.